The van der Waals surface area contributed by atoms with Crippen LogP contribution in [0.25, 0.3) is 0 Å². The lowest BCUT2D eigenvalue weighted by atomic mass is 10.2. The zero-order valence-corrected chi connectivity index (χ0v) is 11.5. The SMILES string of the molecule is CCSCCC(C)Nc1nc(Cl)ncc1C. The van der Waals surface area contributed by atoms with Gasteiger partial charge in [-0.05, 0) is 43.4 Å². The van der Waals surface area contributed by atoms with Crippen molar-refractivity contribution in [1.82, 2.24) is 9.97 Å². The molecule has 0 saturated carbocycles. The van der Waals surface area contributed by atoms with Gasteiger partial charge in [0.25, 0.3) is 0 Å². The fraction of sp³-hybridized carbons (Fsp3) is 0.636. The van der Waals surface area contributed by atoms with E-state index in [1.807, 2.05) is 18.7 Å². The van der Waals surface area contributed by atoms with Gasteiger partial charge in [-0.25, -0.2) is 9.97 Å². The molecule has 1 atom stereocenters. The maximum Gasteiger partial charge on any atom is 0.224 e. The summed E-state index contributed by atoms with van der Waals surface area (Å²) in [6.45, 7) is 6.31. The highest BCUT2D eigenvalue weighted by molar-refractivity contribution is 7.99. The van der Waals surface area contributed by atoms with Gasteiger partial charge in [-0.2, -0.15) is 11.8 Å². The molecule has 0 aliphatic heterocycles. The molecule has 1 aromatic rings. The second kappa shape index (κ2) is 6.97. The molecule has 1 aromatic heterocycles. The van der Waals surface area contributed by atoms with Crippen LogP contribution in [0.2, 0.25) is 5.28 Å². The molecule has 1 heterocycles. The lowest BCUT2D eigenvalue weighted by molar-refractivity contribution is 0.764. The normalized spacial score (nSPS) is 12.5. The Labute approximate surface area is 106 Å². The third-order valence-electron chi connectivity index (χ3n) is 2.22. The van der Waals surface area contributed by atoms with Gasteiger partial charge in [0.2, 0.25) is 5.28 Å². The van der Waals surface area contributed by atoms with Crippen LogP contribution in [0.15, 0.2) is 6.20 Å². The minimum atomic E-state index is 0.295. The van der Waals surface area contributed by atoms with Gasteiger partial charge in [0.15, 0.2) is 0 Å². The second-order valence-electron chi connectivity index (χ2n) is 3.70. The summed E-state index contributed by atoms with van der Waals surface area (Å²) >= 11 is 7.72. The molecule has 90 valence electrons. The highest BCUT2D eigenvalue weighted by atomic mass is 35.5. The molecule has 1 rings (SSSR count). The van der Waals surface area contributed by atoms with Crippen LogP contribution in [0.1, 0.15) is 25.8 Å². The zero-order valence-electron chi connectivity index (χ0n) is 9.96. The summed E-state index contributed by atoms with van der Waals surface area (Å²) in [6, 6.07) is 0.406. The Balaban J connectivity index is 2.48. The van der Waals surface area contributed by atoms with Crippen LogP contribution in [-0.4, -0.2) is 27.5 Å². The molecule has 0 aliphatic rings. The van der Waals surface area contributed by atoms with Crippen LogP contribution in [0.5, 0.6) is 0 Å². The van der Waals surface area contributed by atoms with E-state index < -0.39 is 0 Å². The Morgan fingerprint density at radius 1 is 1.56 bits per heavy atom. The minimum absolute atomic E-state index is 0.295. The molecule has 5 heteroatoms. The van der Waals surface area contributed by atoms with Gasteiger partial charge >= 0.3 is 0 Å². The summed E-state index contributed by atoms with van der Waals surface area (Å²) in [5, 5.41) is 3.66. The Hall–Kier alpha value is -0.480. The molecule has 0 radical (unpaired) electrons. The standard InChI is InChI=1S/C11H18ClN3S/c1-4-16-6-5-9(3)14-10-8(2)7-13-11(12)15-10/h7,9H,4-6H2,1-3H3,(H,13,14,15). The van der Waals surface area contributed by atoms with Crippen LogP contribution in [-0.2, 0) is 0 Å². The highest BCUT2D eigenvalue weighted by Crippen LogP contribution is 2.15. The molecule has 1 N–H and O–H groups in total. The molecular weight excluding hydrogens is 242 g/mol. The first-order chi connectivity index (χ1) is 7.63. The van der Waals surface area contributed by atoms with Gasteiger partial charge in [0.05, 0.1) is 0 Å². The number of anilines is 1. The fourth-order valence-corrected chi connectivity index (χ4v) is 2.22. The largest absolute Gasteiger partial charge is 0.367 e. The molecule has 0 aromatic carbocycles. The molecule has 0 spiro atoms. The monoisotopic (exact) mass is 259 g/mol. The third kappa shape index (κ3) is 4.58. The van der Waals surface area contributed by atoms with E-state index in [1.54, 1.807) is 6.20 Å². The van der Waals surface area contributed by atoms with Crippen LogP contribution >= 0.6 is 23.4 Å². The third-order valence-corrected chi connectivity index (χ3v) is 3.34. The van der Waals surface area contributed by atoms with Gasteiger partial charge in [0.1, 0.15) is 5.82 Å². The average Bonchev–Trinajstić information content (AvgIpc) is 2.24. The van der Waals surface area contributed by atoms with Crippen molar-refractivity contribution in [2.45, 2.75) is 33.2 Å². The minimum Gasteiger partial charge on any atom is -0.367 e. The zero-order chi connectivity index (χ0) is 12.0. The van der Waals surface area contributed by atoms with E-state index in [-0.39, 0.29) is 0 Å². The summed E-state index contributed by atoms with van der Waals surface area (Å²) in [7, 11) is 0. The van der Waals surface area contributed by atoms with Crippen molar-refractivity contribution in [2.75, 3.05) is 16.8 Å². The van der Waals surface area contributed by atoms with Crippen LogP contribution in [0.4, 0.5) is 5.82 Å². The van der Waals surface area contributed by atoms with E-state index in [4.69, 9.17) is 11.6 Å². The van der Waals surface area contributed by atoms with Crippen molar-refractivity contribution in [1.29, 1.82) is 0 Å². The number of aryl methyl sites for hydroxylation is 1. The summed E-state index contributed by atoms with van der Waals surface area (Å²) in [6.07, 6.45) is 2.87. The van der Waals surface area contributed by atoms with Crippen molar-refractivity contribution in [2.24, 2.45) is 0 Å². The predicted octanol–water partition coefficient (Wildman–Crippen LogP) is 3.38. The van der Waals surface area contributed by atoms with E-state index >= 15 is 0 Å². The van der Waals surface area contributed by atoms with E-state index in [0.29, 0.717) is 11.3 Å². The Morgan fingerprint density at radius 2 is 2.31 bits per heavy atom. The van der Waals surface area contributed by atoms with Crippen LogP contribution < -0.4 is 5.32 Å². The molecule has 3 nitrogen and oxygen atoms in total. The Bertz CT molecular complexity index is 333. The van der Waals surface area contributed by atoms with Gasteiger partial charge in [-0.15, -0.1) is 0 Å². The van der Waals surface area contributed by atoms with Crippen LogP contribution in [0.3, 0.4) is 0 Å². The predicted molar refractivity (Wildman–Crippen MR) is 72.5 cm³/mol. The van der Waals surface area contributed by atoms with Crippen molar-refractivity contribution in [3.63, 3.8) is 0 Å². The van der Waals surface area contributed by atoms with Crippen LogP contribution in [0, 0.1) is 6.92 Å². The fourth-order valence-electron chi connectivity index (χ4n) is 1.28. The molecule has 1 unspecified atom stereocenters. The summed E-state index contributed by atoms with van der Waals surface area (Å²) < 4.78 is 0. The van der Waals surface area contributed by atoms with Gasteiger partial charge < -0.3 is 5.32 Å². The molecule has 0 saturated heterocycles. The first-order valence-electron chi connectivity index (χ1n) is 5.47. The van der Waals surface area contributed by atoms with E-state index in [9.17, 15) is 0 Å². The molecular formula is C11H18ClN3S. The number of halogens is 1. The highest BCUT2D eigenvalue weighted by Gasteiger charge is 2.06. The van der Waals surface area contributed by atoms with Crippen molar-refractivity contribution < 1.29 is 0 Å². The number of thioether (sulfide) groups is 1. The Kier molecular flexibility index (Phi) is 5.91. The van der Waals surface area contributed by atoms with Crippen molar-refractivity contribution in [3.8, 4) is 0 Å². The number of aromatic nitrogens is 2. The maximum atomic E-state index is 5.76. The lowest BCUT2D eigenvalue weighted by Gasteiger charge is -2.15. The van der Waals surface area contributed by atoms with E-state index in [0.717, 1.165) is 17.8 Å². The molecule has 0 fully saturated rings. The molecule has 0 aliphatic carbocycles. The quantitative estimate of drug-likeness (QED) is 0.628. The number of nitrogens with one attached hydrogen (secondary N) is 1. The number of nitrogens with zero attached hydrogens (tertiary/aromatic N) is 2. The van der Waals surface area contributed by atoms with Gasteiger partial charge in [0, 0.05) is 17.8 Å². The van der Waals surface area contributed by atoms with Crippen molar-refractivity contribution >= 4 is 29.2 Å². The maximum absolute atomic E-state index is 5.76. The number of hydrogen-bond donors (Lipinski definition) is 1. The van der Waals surface area contributed by atoms with Crippen molar-refractivity contribution in [3.05, 3.63) is 17.0 Å². The molecule has 0 bridgehead atoms. The summed E-state index contributed by atoms with van der Waals surface area (Å²) in [4.78, 5) is 8.11. The Morgan fingerprint density at radius 3 is 3.00 bits per heavy atom. The first-order valence-corrected chi connectivity index (χ1v) is 7.00. The smallest absolute Gasteiger partial charge is 0.224 e. The molecule has 0 amide bonds. The topological polar surface area (TPSA) is 37.8 Å². The van der Waals surface area contributed by atoms with E-state index in [2.05, 4.69) is 29.1 Å². The first kappa shape index (κ1) is 13.6. The number of hydrogen-bond acceptors (Lipinski definition) is 4. The van der Waals surface area contributed by atoms with Gasteiger partial charge in [-0.3, -0.25) is 0 Å². The van der Waals surface area contributed by atoms with Gasteiger partial charge in [-0.1, -0.05) is 6.92 Å². The van der Waals surface area contributed by atoms with E-state index in [1.165, 1.54) is 11.5 Å². The summed E-state index contributed by atoms with van der Waals surface area (Å²) in [5.74, 6) is 3.18. The lowest BCUT2D eigenvalue weighted by Crippen LogP contribution is -2.18. The number of rotatable bonds is 6. The average molecular weight is 260 g/mol. The summed E-state index contributed by atoms with van der Waals surface area (Å²) in [5.41, 5.74) is 1.03. The molecule has 16 heavy (non-hydrogen) atoms. The second-order valence-corrected chi connectivity index (χ2v) is 5.43.